The van der Waals surface area contributed by atoms with E-state index in [9.17, 15) is 0 Å². The third-order valence-corrected chi connectivity index (χ3v) is 3.63. The molecule has 0 aliphatic carbocycles. The number of hydrogen-bond acceptors (Lipinski definition) is 4. The summed E-state index contributed by atoms with van der Waals surface area (Å²) in [5, 5.41) is 0. The molecule has 0 unspecified atom stereocenters. The minimum Gasteiger partial charge on any atom is -0.479 e. The van der Waals surface area contributed by atoms with Gasteiger partial charge in [0.25, 0.3) is 0 Å². The van der Waals surface area contributed by atoms with Crippen molar-refractivity contribution in [2.45, 2.75) is 19.7 Å². The van der Waals surface area contributed by atoms with Gasteiger partial charge in [0.15, 0.2) is 11.2 Å². The summed E-state index contributed by atoms with van der Waals surface area (Å²) in [6.45, 7) is 4.13. The number of benzene rings is 1. The molecule has 108 valence electrons. The number of halogens is 1. The van der Waals surface area contributed by atoms with Crippen LogP contribution in [0.4, 0.5) is 0 Å². The minimum absolute atomic E-state index is 0.285. The fourth-order valence-corrected chi connectivity index (χ4v) is 2.64. The molecule has 0 N–H and O–H groups in total. The van der Waals surface area contributed by atoms with Gasteiger partial charge in [-0.25, -0.2) is 9.97 Å². The molecule has 3 rings (SSSR count). The first-order valence-corrected chi connectivity index (χ1v) is 7.09. The van der Waals surface area contributed by atoms with Crippen molar-refractivity contribution in [3.8, 4) is 11.6 Å². The van der Waals surface area contributed by atoms with Crippen molar-refractivity contribution in [1.82, 2.24) is 19.5 Å². The standard InChI is InChI=1S/C15H15ClN4O/c1-9-4-5-11(10(2)6-9)20-12(7-16)19-13-14(20)17-8-18-15(13)21-3/h4-6,8H,7H2,1-3H3. The summed E-state index contributed by atoms with van der Waals surface area (Å²) in [6.07, 6.45) is 1.47. The minimum atomic E-state index is 0.285. The maximum Gasteiger partial charge on any atom is 0.245 e. The van der Waals surface area contributed by atoms with Gasteiger partial charge in [0, 0.05) is 0 Å². The number of aryl methyl sites for hydroxylation is 2. The quantitative estimate of drug-likeness (QED) is 0.697. The van der Waals surface area contributed by atoms with Gasteiger partial charge in [0.2, 0.25) is 5.88 Å². The van der Waals surface area contributed by atoms with E-state index < -0.39 is 0 Å². The lowest BCUT2D eigenvalue weighted by Crippen LogP contribution is -2.03. The molecule has 5 nitrogen and oxygen atoms in total. The van der Waals surface area contributed by atoms with Gasteiger partial charge in [-0.3, -0.25) is 4.57 Å². The van der Waals surface area contributed by atoms with Gasteiger partial charge in [-0.05, 0) is 25.5 Å². The normalized spacial score (nSPS) is 11.0. The molecule has 6 heteroatoms. The summed E-state index contributed by atoms with van der Waals surface area (Å²) in [6, 6.07) is 6.23. The van der Waals surface area contributed by atoms with E-state index in [1.54, 1.807) is 7.11 Å². The molecule has 0 radical (unpaired) electrons. The molecule has 21 heavy (non-hydrogen) atoms. The summed E-state index contributed by atoms with van der Waals surface area (Å²) in [5.74, 6) is 1.46. The highest BCUT2D eigenvalue weighted by Gasteiger charge is 2.18. The zero-order chi connectivity index (χ0) is 15.0. The average molecular weight is 303 g/mol. The molecule has 1 aromatic carbocycles. The second kappa shape index (κ2) is 5.33. The Hall–Kier alpha value is -2.14. The SMILES string of the molecule is COc1ncnc2c1nc(CCl)n2-c1ccc(C)cc1C. The van der Waals surface area contributed by atoms with Crippen molar-refractivity contribution in [3.05, 3.63) is 41.5 Å². The van der Waals surface area contributed by atoms with Crippen LogP contribution in [-0.2, 0) is 5.88 Å². The molecular weight excluding hydrogens is 288 g/mol. The summed E-state index contributed by atoms with van der Waals surface area (Å²) < 4.78 is 7.22. The Morgan fingerprint density at radius 2 is 2.05 bits per heavy atom. The summed E-state index contributed by atoms with van der Waals surface area (Å²) in [4.78, 5) is 13.0. The van der Waals surface area contributed by atoms with E-state index in [-0.39, 0.29) is 5.88 Å². The van der Waals surface area contributed by atoms with E-state index in [1.807, 2.05) is 4.57 Å². The Morgan fingerprint density at radius 1 is 1.24 bits per heavy atom. The van der Waals surface area contributed by atoms with Gasteiger partial charge in [0.1, 0.15) is 12.2 Å². The number of alkyl halides is 1. The predicted octanol–water partition coefficient (Wildman–Crippen LogP) is 3.18. The first kappa shape index (κ1) is 13.8. The van der Waals surface area contributed by atoms with Crippen LogP contribution in [0.1, 0.15) is 17.0 Å². The molecule has 0 aliphatic heterocycles. The topological polar surface area (TPSA) is 52.8 Å². The van der Waals surface area contributed by atoms with E-state index in [1.165, 1.54) is 11.9 Å². The van der Waals surface area contributed by atoms with E-state index in [2.05, 4.69) is 47.0 Å². The Morgan fingerprint density at radius 3 is 2.71 bits per heavy atom. The molecule has 0 amide bonds. The third-order valence-electron chi connectivity index (χ3n) is 3.39. The van der Waals surface area contributed by atoms with Gasteiger partial charge < -0.3 is 4.74 Å². The lowest BCUT2D eigenvalue weighted by Gasteiger charge is -2.11. The number of ether oxygens (including phenoxy) is 1. The maximum atomic E-state index is 6.06. The summed E-state index contributed by atoms with van der Waals surface area (Å²) in [5.41, 5.74) is 4.68. The van der Waals surface area contributed by atoms with Crippen molar-refractivity contribution in [2.75, 3.05) is 7.11 Å². The summed E-state index contributed by atoms with van der Waals surface area (Å²) >= 11 is 6.06. The third kappa shape index (κ3) is 2.23. The van der Waals surface area contributed by atoms with E-state index in [0.29, 0.717) is 17.0 Å². The summed E-state index contributed by atoms with van der Waals surface area (Å²) in [7, 11) is 1.57. The molecule has 0 saturated carbocycles. The second-order valence-corrected chi connectivity index (χ2v) is 5.11. The molecule has 0 saturated heterocycles. The smallest absolute Gasteiger partial charge is 0.245 e. The average Bonchev–Trinajstić information content (AvgIpc) is 2.85. The molecular formula is C15H15ClN4O. The van der Waals surface area contributed by atoms with Crippen LogP contribution >= 0.6 is 11.6 Å². The Labute approximate surface area is 127 Å². The van der Waals surface area contributed by atoms with Crippen molar-refractivity contribution >= 4 is 22.8 Å². The van der Waals surface area contributed by atoms with Crippen molar-refractivity contribution < 1.29 is 4.74 Å². The fraction of sp³-hybridized carbons (Fsp3) is 0.267. The van der Waals surface area contributed by atoms with Gasteiger partial charge in [-0.2, -0.15) is 4.98 Å². The molecule has 0 spiro atoms. The number of nitrogens with zero attached hydrogens (tertiary/aromatic N) is 4. The van der Waals surface area contributed by atoms with Crippen LogP contribution in [0.2, 0.25) is 0 Å². The highest BCUT2D eigenvalue weighted by Crippen LogP contribution is 2.27. The number of hydrogen-bond donors (Lipinski definition) is 0. The largest absolute Gasteiger partial charge is 0.479 e. The van der Waals surface area contributed by atoms with E-state index in [0.717, 1.165) is 17.1 Å². The first-order valence-electron chi connectivity index (χ1n) is 6.55. The molecule has 0 aliphatic rings. The molecule has 0 bridgehead atoms. The van der Waals surface area contributed by atoms with Crippen LogP contribution in [0, 0.1) is 13.8 Å². The highest BCUT2D eigenvalue weighted by atomic mass is 35.5. The van der Waals surface area contributed by atoms with Crippen molar-refractivity contribution in [1.29, 1.82) is 0 Å². The van der Waals surface area contributed by atoms with Gasteiger partial charge >= 0.3 is 0 Å². The van der Waals surface area contributed by atoms with E-state index >= 15 is 0 Å². The zero-order valence-corrected chi connectivity index (χ0v) is 12.8. The van der Waals surface area contributed by atoms with Crippen LogP contribution in [0.5, 0.6) is 5.88 Å². The van der Waals surface area contributed by atoms with E-state index in [4.69, 9.17) is 16.3 Å². The Bertz CT molecular complexity index is 813. The van der Waals surface area contributed by atoms with Crippen LogP contribution < -0.4 is 4.74 Å². The second-order valence-electron chi connectivity index (χ2n) is 4.84. The number of rotatable bonds is 3. The van der Waals surface area contributed by atoms with Gasteiger partial charge in [0.05, 0.1) is 18.7 Å². The lowest BCUT2D eigenvalue weighted by molar-refractivity contribution is 0.401. The molecule has 2 aromatic heterocycles. The number of methoxy groups -OCH3 is 1. The van der Waals surface area contributed by atoms with Crippen LogP contribution in [0.25, 0.3) is 16.9 Å². The number of aromatic nitrogens is 4. The number of imidazole rings is 1. The molecule has 0 fully saturated rings. The van der Waals surface area contributed by atoms with Gasteiger partial charge in [-0.1, -0.05) is 17.7 Å². The molecule has 2 heterocycles. The Balaban J connectivity index is 2.35. The molecule has 0 atom stereocenters. The van der Waals surface area contributed by atoms with Crippen molar-refractivity contribution in [2.24, 2.45) is 0 Å². The highest BCUT2D eigenvalue weighted by molar-refractivity contribution is 6.17. The van der Waals surface area contributed by atoms with Crippen molar-refractivity contribution in [3.63, 3.8) is 0 Å². The van der Waals surface area contributed by atoms with Crippen LogP contribution in [0.3, 0.4) is 0 Å². The first-order chi connectivity index (χ1) is 10.2. The van der Waals surface area contributed by atoms with Crippen LogP contribution in [-0.4, -0.2) is 26.6 Å². The maximum absolute atomic E-state index is 6.06. The number of fused-ring (bicyclic) bond motifs is 1. The zero-order valence-electron chi connectivity index (χ0n) is 12.1. The molecule has 3 aromatic rings. The monoisotopic (exact) mass is 302 g/mol. The lowest BCUT2D eigenvalue weighted by atomic mass is 10.1. The van der Waals surface area contributed by atoms with Gasteiger partial charge in [-0.15, -0.1) is 11.6 Å². The fourth-order valence-electron chi connectivity index (χ4n) is 2.47. The predicted molar refractivity (Wildman–Crippen MR) is 82.2 cm³/mol. The Kier molecular flexibility index (Phi) is 3.51. The van der Waals surface area contributed by atoms with Crippen LogP contribution in [0.15, 0.2) is 24.5 Å².